The van der Waals surface area contributed by atoms with Crippen LogP contribution in [0, 0.1) is 0 Å². The molecule has 29 heavy (non-hydrogen) atoms. The summed E-state index contributed by atoms with van der Waals surface area (Å²) in [6.07, 6.45) is -4.57. The van der Waals surface area contributed by atoms with Crippen LogP contribution in [0.2, 0.25) is 0 Å². The molecule has 0 aromatic heterocycles. The van der Waals surface area contributed by atoms with E-state index in [1.165, 1.54) is 40.6 Å². The van der Waals surface area contributed by atoms with Gasteiger partial charge in [0.25, 0.3) is 5.91 Å². The molecule has 0 fully saturated rings. The molecule has 1 amide bonds. The lowest BCUT2D eigenvalue weighted by molar-refractivity contribution is -0.141. The van der Waals surface area contributed by atoms with Gasteiger partial charge in [0, 0.05) is 12.1 Å². The minimum atomic E-state index is -4.57. The number of hydrogen-bond donors (Lipinski definition) is 0. The first-order chi connectivity index (χ1) is 13.7. The first kappa shape index (κ1) is 22.2. The molecule has 2 aromatic carbocycles. The van der Waals surface area contributed by atoms with Gasteiger partial charge in [0.05, 0.1) is 28.4 Å². The summed E-state index contributed by atoms with van der Waals surface area (Å²) < 4.78 is 60.0. The monoisotopic (exact) mass is 413 g/mol. The molecule has 0 bridgehead atoms. The Bertz CT molecular complexity index is 812. The highest BCUT2D eigenvalue weighted by atomic mass is 19.4. The van der Waals surface area contributed by atoms with Gasteiger partial charge in [0.15, 0.2) is 11.5 Å². The number of halogens is 3. The Kier molecular flexibility index (Phi) is 7.19. The zero-order valence-corrected chi connectivity index (χ0v) is 16.5. The van der Waals surface area contributed by atoms with Crippen molar-refractivity contribution >= 4 is 5.91 Å². The molecule has 2 rings (SSSR count). The lowest BCUT2D eigenvalue weighted by atomic mass is 10.1. The summed E-state index contributed by atoms with van der Waals surface area (Å²) in [7, 11) is 5.59. The number of carbonyl (C=O) groups excluding carboxylic acids is 1. The van der Waals surface area contributed by atoms with Gasteiger partial charge in [0.2, 0.25) is 5.75 Å². The van der Waals surface area contributed by atoms with Crippen LogP contribution >= 0.6 is 0 Å². The maximum Gasteiger partial charge on any atom is 0.406 e. The van der Waals surface area contributed by atoms with Crippen molar-refractivity contribution in [1.29, 1.82) is 0 Å². The van der Waals surface area contributed by atoms with Gasteiger partial charge in [0.1, 0.15) is 12.3 Å². The number of methoxy groups -OCH3 is 4. The summed E-state index contributed by atoms with van der Waals surface area (Å²) in [5.74, 6) is 0.326. The third-order valence-electron chi connectivity index (χ3n) is 4.10. The van der Waals surface area contributed by atoms with E-state index < -0.39 is 18.6 Å². The second kappa shape index (κ2) is 9.40. The fourth-order valence-electron chi connectivity index (χ4n) is 2.75. The van der Waals surface area contributed by atoms with E-state index in [0.717, 1.165) is 0 Å². The van der Waals surface area contributed by atoms with E-state index in [9.17, 15) is 18.0 Å². The van der Waals surface area contributed by atoms with Crippen molar-refractivity contribution in [1.82, 2.24) is 4.90 Å². The fraction of sp³-hybridized carbons (Fsp3) is 0.350. The quantitative estimate of drug-likeness (QED) is 0.657. The van der Waals surface area contributed by atoms with Crippen molar-refractivity contribution in [3.05, 3.63) is 47.5 Å². The average molecular weight is 413 g/mol. The Balaban J connectivity index is 2.40. The largest absolute Gasteiger partial charge is 0.497 e. The summed E-state index contributed by atoms with van der Waals surface area (Å²) in [6, 6.07) is 9.08. The van der Waals surface area contributed by atoms with Crippen LogP contribution in [-0.4, -0.2) is 52.0 Å². The van der Waals surface area contributed by atoms with Crippen molar-refractivity contribution in [2.45, 2.75) is 12.7 Å². The Morgan fingerprint density at radius 3 is 1.86 bits per heavy atom. The fourth-order valence-corrected chi connectivity index (χ4v) is 2.75. The molecule has 9 heteroatoms. The predicted molar refractivity (Wildman–Crippen MR) is 99.9 cm³/mol. The molecule has 0 heterocycles. The third-order valence-corrected chi connectivity index (χ3v) is 4.10. The van der Waals surface area contributed by atoms with Crippen LogP contribution in [-0.2, 0) is 6.54 Å². The van der Waals surface area contributed by atoms with Crippen molar-refractivity contribution in [3.63, 3.8) is 0 Å². The Morgan fingerprint density at radius 1 is 0.897 bits per heavy atom. The number of carbonyl (C=O) groups is 1. The van der Waals surface area contributed by atoms with E-state index in [2.05, 4.69) is 0 Å². The van der Waals surface area contributed by atoms with Gasteiger partial charge in [-0.2, -0.15) is 13.2 Å². The van der Waals surface area contributed by atoms with Crippen LogP contribution in [0.5, 0.6) is 23.0 Å². The molecule has 158 valence electrons. The van der Waals surface area contributed by atoms with Gasteiger partial charge in [-0.3, -0.25) is 4.79 Å². The normalized spacial score (nSPS) is 11.0. The smallest absolute Gasteiger partial charge is 0.406 e. The molecule has 0 saturated heterocycles. The molecule has 0 spiro atoms. The van der Waals surface area contributed by atoms with Crippen LogP contribution in [0.25, 0.3) is 0 Å². The minimum Gasteiger partial charge on any atom is -0.497 e. The predicted octanol–water partition coefficient (Wildman–Crippen LogP) is 3.93. The first-order valence-corrected chi connectivity index (χ1v) is 8.51. The molecule has 0 aliphatic heterocycles. The van der Waals surface area contributed by atoms with Gasteiger partial charge in [-0.05, 0) is 29.8 Å². The molecule has 0 atom stereocenters. The molecule has 0 aliphatic rings. The standard InChI is InChI=1S/C20H22F3NO5/c1-26-15-7-5-13(6-8-15)11-24(12-20(21,22)23)19(25)14-9-16(27-2)18(29-4)17(10-14)28-3/h5-10H,11-12H2,1-4H3. The van der Waals surface area contributed by atoms with Gasteiger partial charge in [-0.25, -0.2) is 0 Å². The van der Waals surface area contributed by atoms with Gasteiger partial charge >= 0.3 is 6.18 Å². The maximum absolute atomic E-state index is 13.1. The summed E-state index contributed by atoms with van der Waals surface area (Å²) in [5, 5.41) is 0. The van der Waals surface area contributed by atoms with E-state index in [1.807, 2.05) is 0 Å². The highest BCUT2D eigenvalue weighted by molar-refractivity contribution is 5.95. The maximum atomic E-state index is 13.1. The van der Waals surface area contributed by atoms with Crippen molar-refractivity contribution in [2.24, 2.45) is 0 Å². The van der Waals surface area contributed by atoms with E-state index in [1.54, 1.807) is 24.3 Å². The minimum absolute atomic E-state index is 0.0164. The van der Waals surface area contributed by atoms with Crippen LogP contribution in [0.1, 0.15) is 15.9 Å². The second-order valence-corrected chi connectivity index (χ2v) is 6.04. The molecule has 0 unspecified atom stereocenters. The van der Waals surface area contributed by atoms with Crippen LogP contribution in [0.3, 0.4) is 0 Å². The number of benzene rings is 2. The molecule has 6 nitrogen and oxygen atoms in total. The van der Waals surface area contributed by atoms with Crippen LogP contribution in [0.15, 0.2) is 36.4 Å². The second-order valence-electron chi connectivity index (χ2n) is 6.04. The van der Waals surface area contributed by atoms with Crippen molar-refractivity contribution < 1.29 is 36.9 Å². The van der Waals surface area contributed by atoms with Gasteiger partial charge in [-0.1, -0.05) is 12.1 Å². The lowest BCUT2D eigenvalue weighted by Crippen LogP contribution is -2.38. The molecule has 0 saturated carbocycles. The number of ether oxygens (including phenoxy) is 4. The highest BCUT2D eigenvalue weighted by Crippen LogP contribution is 2.38. The van der Waals surface area contributed by atoms with Crippen LogP contribution in [0.4, 0.5) is 13.2 Å². The summed E-state index contributed by atoms with van der Waals surface area (Å²) in [4.78, 5) is 13.6. The van der Waals surface area contributed by atoms with Gasteiger partial charge < -0.3 is 23.8 Å². The topological polar surface area (TPSA) is 57.2 Å². The molecular formula is C20H22F3NO5. The number of alkyl halides is 3. The molecule has 2 aromatic rings. The SMILES string of the molecule is COc1ccc(CN(CC(F)(F)F)C(=O)c2cc(OC)c(OC)c(OC)c2)cc1. The molecular weight excluding hydrogens is 391 g/mol. The summed E-state index contributed by atoms with van der Waals surface area (Å²) in [5.41, 5.74) is 0.508. The average Bonchev–Trinajstić information content (AvgIpc) is 2.71. The van der Waals surface area contributed by atoms with E-state index in [4.69, 9.17) is 18.9 Å². The number of nitrogens with zero attached hydrogens (tertiary/aromatic N) is 1. The third kappa shape index (κ3) is 5.69. The van der Waals surface area contributed by atoms with Gasteiger partial charge in [-0.15, -0.1) is 0 Å². The van der Waals surface area contributed by atoms with Crippen LogP contribution < -0.4 is 18.9 Å². The highest BCUT2D eigenvalue weighted by Gasteiger charge is 2.34. The zero-order valence-electron chi connectivity index (χ0n) is 16.5. The van der Waals surface area contributed by atoms with E-state index in [0.29, 0.717) is 16.2 Å². The number of rotatable bonds is 8. The number of amides is 1. The molecule has 0 radical (unpaired) electrons. The van der Waals surface area contributed by atoms with E-state index >= 15 is 0 Å². The first-order valence-electron chi connectivity index (χ1n) is 8.51. The van der Waals surface area contributed by atoms with E-state index in [-0.39, 0.29) is 29.4 Å². The zero-order chi connectivity index (χ0) is 21.6. The Morgan fingerprint density at radius 2 is 1.45 bits per heavy atom. The lowest BCUT2D eigenvalue weighted by Gasteiger charge is -2.25. The Hall–Kier alpha value is -3.10. The van der Waals surface area contributed by atoms with Crippen molar-refractivity contribution in [3.8, 4) is 23.0 Å². The summed E-state index contributed by atoms with van der Waals surface area (Å²) in [6.45, 7) is -1.65. The number of hydrogen-bond acceptors (Lipinski definition) is 5. The van der Waals surface area contributed by atoms with Crippen molar-refractivity contribution in [2.75, 3.05) is 35.0 Å². The Labute approximate surface area is 166 Å². The summed E-state index contributed by atoms with van der Waals surface area (Å²) >= 11 is 0. The molecule has 0 aliphatic carbocycles. The molecule has 0 N–H and O–H groups in total.